The third kappa shape index (κ3) is 4.74. The average Bonchev–Trinajstić information content (AvgIpc) is 2.36. The van der Waals surface area contributed by atoms with Gasteiger partial charge in [0.05, 0.1) is 11.9 Å². The minimum atomic E-state index is -3.34. The van der Waals surface area contributed by atoms with Crippen molar-refractivity contribution in [1.82, 2.24) is 4.72 Å². The summed E-state index contributed by atoms with van der Waals surface area (Å²) in [7, 11) is -3.34. The SMILES string of the molecule is CCOC1CC(NS(=O)(=O)Cc2ccc(C(N)=S)cc2)C1. The Morgan fingerprint density at radius 1 is 1.38 bits per heavy atom. The maximum absolute atomic E-state index is 12.1. The minimum Gasteiger partial charge on any atom is -0.389 e. The van der Waals surface area contributed by atoms with Gasteiger partial charge in [-0.3, -0.25) is 0 Å². The number of nitrogens with two attached hydrogens (primary N) is 1. The van der Waals surface area contributed by atoms with Gasteiger partial charge in [0.25, 0.3) is 0 Å². The Morgan fingerprint density at radius 3 is 2.52 bits per heavy atom. The van der Waals surface area contributed by atoms with Gasteiger partial charge in [-0.25, -0.2) is 13.1 Å². The second-order valence-corrected chi connectivity index (χ2v) is 7.38. The highest BCUT2D eigenvalue weighted by Gasteiger charge is 2.32. The zero-order valence-corrected chi connectivity index (χ0v) is 13.5. The normalized spacial score (nSPS) is 21.8. The van der Waals surface area contributed by atoms with Crippen LogP contribution in [0.2, 0.25) is 0 Å². The summed E-state index contributed by atoms with van der Waals surface area (Å²) >= 11 is 4.86. The molecule has 0 bridgehead atoms. The van der Waals surface area contributed by atoms with Gasteiger partial charge in [0.2, 0.25) is 10.0 Å². The fourth-order valence-electron chi connectivity index (χ4n) is 2.31. The molecule has 0 atom stereocenters. The Balaban J connectivity index is 1.88. The van der Waals surface area contributed by atoms with Crippen molar-refractivity contribution in [1.29, 1.82) is 0 Å². The Morgan fingerprint density at radius 2 is 2.00 bits per heavy atom. The first-order valence-electron chi connectivity index (χ1n) is 6.90. The molecule has 0 aromatic heterocycles. The predicted octanol–water partition coefficient (Wildman–Crippen LogP) is 1.31. The van der Waals surface area contributed by atoms with Gasteiger partial charge in [-0.05, 0) is 25.3 Å². The molecule has 0 spiro atoms. The zero-order valence-electron chi connectivity index (χ0n) is 11.9. The van der Waals surface area contributed by atoms with Crippen molar-refractivity contribution in [3.8, 4) is 0 Å². The lowest BCUT2D eigenvalue weighted by atomic mass is 9.90. The predicted molar refractivity (Wildman–Crippen MR) is 86.5 cm³/mol. The standard InChI is InChI=1S/C14H20N2O3S2/c1-2-19-13-7-12(8-13)16-21(17,18)9-10-3-5-11(6-4-10)14(15)20/h3-6,12-13,16H,2,7-9H2,1H3,(H2,15,20). The summed E-state index contributed by atoms with van der Waals surface area (Å²) < 4.78 is 32.3. The van der Waals surface area contributed by atoms with Crippen LogP contribution < -0.4 is 10.5 Å². The van der Waals surface area contributed by atoms with Gasteiger partial charge in [0.1, 0.15) is 4.99 Å². The van der Waals surface area contributed by atoms with Crippen molar-refractivity contribution in [3.63, 3.8) is 0 Å². The highest BCUT2D eigenvalue weighted by molar-refractivity contribution is 7.88. The molecule has 0 unspecified atom stereocenters. The first-order chi connectivity index (χ1) is 9.89. The van der Waals surface area contributed by atoms with Gasteiger partial charge in [-0.1, -0.05) is 36.5 Å². The molecular weight excluding hydrogens is 308 g/mol. The number of hydrogen-bond acceptors (Lipinski definition) is 4. The molecule has 7 heteroatoms. The molecule has 3 N–H and O–H groups in total. The molecule has 1 fully saturated rings. The van der Waals surface area contributed by atoms with E-state index in [2.05, 4.69) is 4.72 Å². The first kappa shape index (κ1) is 16.4. The summed E-state index contributed by atoms with van der Waals surface area (Å²) in [6.45, 7) is 2.60. The summed E-state index contributed by atoms with van der Waals surface area (Å²) in [4.78, 5) is 0.305. The lowest BCUT2D eigenvalue weighted by Crippen LogP contribution is -2.48. The second-order valence-electron chi connectivity index (χ2n) is 5.18. The van der Waals surface area contributed by atoms with E-state index >= 15 is 0 Å². The molecule has 1 aliphatic rings. The number of hydrogen-bond donors (Lipinski definition) is 2. The van der Waals surface area contributed by atoms with E-state index < -0.39 is 10.0 Å². The van der Waals surface area contributed by atoms with Gasteiger partial charge in [0, 0.05) is 18.2 Å². The van der Waals surface area contributed by atoms with E-state index in [1.54, 1.807) is 24.3 Å². The van der Waals surface area contributed by atoms with Gasteiger partial charge < -0.3 is 10.5 Å². The Hall–Kier alpha value is -1.02. The van der Waals surface area contributed by atoms with Crippen LogP contribution in [0, 0.1) is 0 Å². The van der Waals surface area contributed by atoms with Crippen LogP contribution >= 0.6 is 12.2 Å². The van der Waals surface area contributed by atoms with Gasteiger partial charge in [-0.2, -0.15) is 0 Å². The number of benzene rings is 1. The highest BCUT2D eigenvalue weighted by Crippen LogP contribution is 2.24. The molecule has 0 heterocycles. The summed E-state index contributed by atoms with van der Waals surface area (Å²) in [5.41, 5.74) is 6.95. The van der Waals surface area contributed by atoms with Gasteiger partial charge in [0.15, 0.2) is 0 Å². The Bertz CT molecular complexity index is 593. The topological polar surface area (TPSA) is 81.4 Å². The molecule has 1 aliphatic carbocycles. The third-order valence-electron chi connectivity index (χ3n) is 3.44. The molecule has 2 rings (SSSR count). The summed E-state index contributed by atoms with van der Waals surface area (Å²) in [5.74, 6) is -0.0413. The van der Waals surface area contributed by atoms with Crippen molar-refractivity contribution in [2.24, 2.45) is 5.73 Å². The Labute approximate surface area is 130 Å². The molecule has 0 aliphatic heterocycles. The number of rotatable bonds is 7. The number of ether oxygens (including phenoxy) is 1. The van der Waals surface area contributed by atoms with Crippen LogP contribution in [0.5, 0.6) is 0 Å². The van der Waals surface area contributed by atoms with Crippen LogP contribution in [0.1, 0.15) is 30.9 Å². The quantitative estimate of drug-likeness (QED) is 0.738. The van der Waals surface area contributed by atoms with E-state index in [0.29, 0.717) is 17.2 Å². The number of sulfonamides is 1. The molecule has 1 aromatic carbocycles. The summed E-state index contributed by atoms with van der Waals surface area (Å²) in [6, 6.07) is 6.93. The van der Waals surface area contributed by atoms with Crippen LogP contribution in [-0.2, 0) is 20.5 Å². The molecule has 0 saturated heterocycles. The van der Waals surface area contributed by atoms with E-state index in [1.165, 1.54) is 0 Å². The van der Waals surface area contributed by atoms with Crippen molar-refractivity contribution >= 4 is 27.2 Å². The summed E-state index contributed by atoms with van der Waals surface area (Å²) in [6.07, 6.45) is 1.67. The van der Waals surface area contributed by atoms with Crippen LogP contribution in [0.3, 0.4) is 0 Å². The van der Waals surface area contributed by atoms with Crippen molar-refractivity contribution in [2.45, 2.75) is 37.7 Å². The molecule has 5 nitrogen and oxygen atoms in total. The van der Waals surface area contributed by atoms with E-state index in [-0.39, 0.29) is 17.9 Å². The van der Waals surface area contributed by atoms with E-state index in [1.807, 2.05) is 6.92 Å². The van der Waals surface area contributed by atoms with E-state index in [0.717, 1.165) is 18.4 Å². The number of nitrogens with one attached hydrogen (secondary N) is 1. The third-order valence-corrected chi connectivity index (χ3v) is 5.08. The first-order valence-corrected chi connectivity index (χ1v) is 8.96. The van der Waals surface area contributed by atoms with E-state index in [4.69, 9.17) is 22.7 Å². The lowest BCUT2D eigenvalue weighted by Gasteiger charge is -2.35. The molecule has 0 amide bonds. The number of thiocarbonyl (C=S) groups is 1. The van der Waals surface area contributed by atoms with E-state index in [9.17, 15) is 8.42 Å². The van der Waals surface area contributed by atoms with Crippen LogP contribution in [0.15, 0.2) is 24.3 Å². The van der Waals surface area contributed by atoms with Crippen molar-refractivity contribution < 1.29 is 13.2 Å². The second kappa shape index (κ2) is 6.83. The zero-order chi connectivity index (χ0) is 15.5. The fraction of sp³-hybridized carbons (Fsp3) is 0.500. The van der Waals surface area contributed by atoms with Gasteiger partial charge >= 0.3 is 0 Å². The molecule has 0 radical (unpaired) electrons. The Kier molecular flexibility index (Phi) is 5.32. The van der Waals surface area contributed by atoms with Crippen LogP contribution in [0.25, 0.3) is 0 Å². The smallest absolute Gasteiger partial charge is 0.216 e. The highest BCUT2D eigenvalue weighted by atomic mass is 32.2. The average molecular weight is 328 g/mol. The minimum absolute atomic E-state index is 0.0116. The summed E-state index contributed by atoms with van der Waals surface area (Å²) in [5, 5.41) is 0. The van der Waals surface area contributed by atoms with Gasteiger partial charge in [-0.15, -0.1) is 0 Å². The largest absolute Gasteiger partial charge is 0.389 e. The van der Waals surface area contributed by atoms with Crippen molar-refractivity contribution in [3.05, 3.63) is 35.4 Å². The monoisotopic (exact) mass is 328 g/mol. The molecule has 1 saturated carbocycles. The molecule has 21 heavy (non-hydrogen) atoms. The van der Waals surface area contributed by atoms with Crippen molar-refractivity contribution in [2.75, 3.05) is 6.61 Å². The lowest BCUT2D eigenvalue weighted by molar-refractivity contribution is -0.00476. The molecular formula is C14H20N2O3S2. The maximum atomic E-state index is 12.1. The molecule has 116 valence electrons. The molecule has 1 aromatic rings. The van der Waals surface area contributed by atoms with Crippen LogP contribution in [0.4, 0.5) is 0 Å². The maximum Gasteiger partial charge on any atom is 0.216 e. The van der Waals surface area contributed by atoms with Crippen LogP contribution in [-0.4, -0.2) is 32.2 Å². The fourth-order valence-corrected chi connectivity index (χ4v) is 3.86.